The second kappa shape index (κ2) is 10.4. The molecule has 1 atom stereocenters. The number of aromatic nitrogens is 1. The van der Waals surface area contributed by atoms with Crippen LogP contribution >= 0.6 is 0 Å². The molecule has 0 radical (unpaired) electrons. The summed E-state index contributed by atoms with van der Waals surface area (Å²) < 4.78 is 0. The number of hydrogen-bond acceptors (Lipinski definition) is 3. The Morgan fingerprint density at radius 2 is 1.38 bits per heavy atom. The molecule has 178 valence electrons. The fourth-order valence-corrected chi connectivity index (χ4v) is 4.81. The second-order valence-electron chi connectivity index (χ2n) is 8.97. The number of nitrogens with one attached hydrogen (secondary N) is 1. The van der Waals surface area contributed by atoms with Crippen LogP contribution in [0.25, 0.3) is 22.4 Å². The maximum absolute atomic E-state index is 4.59. The van der Waals surface area contributed by atoms with Gasteiger partial charge in [0.05, 0.1) is 17.4 Å². The first-order valence-electron chi connectivity index (χ1n) is 12.5. The summed E-state index contributed by atoms with van der Waals surface area (Å²) in [5.74, 6) is 0. The zero-order chi connectivity index (χ0) is 24.9. The number of dihydropyridines is 1. The standard InChI is InChI=1S/C34H27N3/c1-2-12-26(13-3-1)31-18-4-5-21-34(31)37(29-16-10-14-27(24-29)32-19-6-8-22-35-32)30-17-11-15-28(25-30)33-20-7-9-23-36-33/h1-25,32,35H. The minimum absolute atomic E-state index is 0.135. The van der Waals surface area contributed by atoms with Crippen LogP contribution < -0.4 is 10.2 Å². The summed E-state index contributed by atoms with van der Waals surface area (Å²) in [6.45, 7) is 0. The monoisotopic (exact) mass is 477 g/mol. The number of rotatable bonds is 6. The highest BCUT2D eigenvalue weighted by atomic mass is 15.1. The van der Waals surface area contributed by atoms with Gasteiger partial charge in [-0.15, -0.1) is 0 Å². The zero-order valence-corrected chi connectivity index (χ0v) is 20.4. The summed E-state index contributed by atoms with van der Waals surface area (Å²) >= 11 is 0. The molecule has 0 fully saturated rings. The lowest BCUT2D eigenvalue weighted by Crippen LogP contribution is -2.16. The summed E-state index contributed by atoms with van der Waals surface area (Å²) in [6.07, 6.45) is 10.1. The molecule has 1 unspecified atom stereocenters. The van der Waals surface area contributed by atoms with Crippen molar-refractivity contribution < 1.29 is 0 Å². The van der Waals surface area contributed by atoms with E-state index in [-0.39, 0.29) is 6.04 Å². The lowest BCUT2D eigenvalue weighted by atomic mass is 10.00. The Morgan fingerprint density at radius 3 is 2.19 bits per heavy atom. The third-order valence-corrected chi connectivity index (χ3v) is 6.57. The molecule has 1 N–H and O–H groups in total. The number of anilines is 3. The van der Waals surface area contributed by atoms with Crippen molar-refractivity contribution in [3.05, 3.63) is 158 Å². The minimum atomic E-state index is 0.135. The van der Waals surface area contributed by atoms with E-state index in [0.717, 1.165) is 28.3 Å². The van der Waals surface area contributed by atoms with Crippen LogP contribution in [0.5, 0.6) is 0 Å². The summed E-state index contributed by atoms with van der Waals surface area (Å²) in [5.41, 5.74) is 8.91. The first-order valence-corrected chi connectivity index (χ1v) is 12.5. The van der Waals surface area contributed by atoms with Gasteiger partial charge in [-0.1, -0.05) is 91.0 Å². The molecule has 4 aromatic carbocycles. The van der Waals surface area contributed by atoms with Crippen molar-refractivity contribution in [2.45, 2.75) is 6.04 Å². The summed E-state index contributed by atoms with van der Waals surface area (Å²) in [6, 6.07) is 42.7. The molecule has 0 spiro atoms. The predicted molar refractivity (Wildman–Crippen MR) is 154 cm³/mol. The molecule has 0 saturated carbocycles. The van der Waals surface area contributed by atoms with Crippen LogP contribution in [0.1, 0.15) is 11.6 Å². The maximum Gasteiger partial charge on any atom is 0.0702 e. The molecule has 2 heterocycles. The summed E-state index contributed by atoms with van der Waals surface area (Å²) in [7, 11) is 0. The van der Waals surface area contributed by atoms with Gasteiger partial charge in [-0.3, -0.25) is 4.98 Å². The molecule has 37 heavy (non-hydrogen) atoms. The van der Waals surface area contributed by atoms with Gasteiger partial charge in [0.25, 0.3) is 0 Å². The van der Waals surface area contributed by atoms with E-state index in [0.29, 0.717) is 0 Å². The van der Waals surface area contributed by atoms with Crippen LogP contribution in [0.4, 0.5) is 17.1 Å². The fraction of sp³-hybridized carbons (Fsp3) is 0.0294. The summed E-state index contributed by atoms with van der Waals surface area (Å²) in [4.78, 5) is 6.94. The Balaban J connectivity index is 1.53. The van der Waals surface area contributed by atoms with Gasteiger partial charge in [0.2, 0.25) is 0 Å². The van der Waals surface area contributed by atoms with E-state index in [1.165, 1.54) is 16.7 Å². The Hall–Kier alpha value is -4.89. The van der Waals surface area contributed by atoms with Crippen LogP contribution in [-0.4, -0.2) is 4.98 Å². The molecule has 6 rings (SSSR count). The van der Waals surface area contributed by atoms with E-state index >= 15 is 0 Å². The topological polar surface area (TPSA) is 28.2 Å². The highest BCUT2D eigenvalue weighted by Gasteiger charge is 2.19. The van der Waals surface area contributed by atoms with Crippen molar-refractivity contribution in [2.24, 2.45) is 0 Å². The number of hydrogen-bond donors (Lipinski definition) is 1. The van der Waals surface area contributed by atoms with Gasteiger partial charge in [0, 0.05) is 28.7 Å². The normalized spacial score (nSPS) is 14.2. The largest absolute Gasteiger partial charge is 0.381 e. The van der Waals surface area contributed by atoms with Crippen LogP contribution in [0.2, 0.25) is 0 Å². The maximum atomic E-state index is 4.59. The molecule has 0 aliphatic carbocycles. The van der Waals surface area contributed by atoms with Crippen molar-refractivity contribution in [1.29, 1.82) is 0 Å². The summed E-state index contributed by atoms with van der Waals surface area (Å²) in [5, 5.41) is 3.45. The number of benzene rings is 4. The lowest BCUT2D eigenvalue weighted by molar-refractivity contribution is 0.746. The highest BCUT2D eigenvalue weighted by molar-refractivity contribution is 5.89. The zero-order valence-electron chi connectivity index (χ0n) is 20.4. The van der Waals surface area contributed by atoms with E-state index in [4.69, 9.17) is 0 Å². The van der Waals surface area contributed by atoms with Crippen molar-refractivity contribution in [3.63, 3.8) is 0 Å². The number of para-hydroxylation sites is 1. The van der Waals surface area contributed by atoms with Gasteiger partial charge < -0.3 is 10.2 Å². The molecule has 5 aromatic rings. The van der Waals surface area contributed by atoms with Crippen LogP contribution in [0.3, 0.4) is 0 Å². The van der Waals surface area contributed by atoms with Gasteiger partial charge >= 0.3 is 0 Å². The highest BCUT2D eigenvalue weighted by Crippen LogP contribution is 2.42. The number of nitrogens with zero attached hydrogens (tertiary/aromatic N) is 2. The van der Waals surface area contributed by atoms with Crippen molar-refractivity contribution in [3.8, 4) is 22.4 Å². The molecule has 3 nitrogen and oxygen atoms in total. The molecule has 1 aromatic heterocycles. The Kier molecular flexibility index (Phi) is 6.33. The van der Waals surface area contributed by atoms with E-state index < -0.39 is 0 Å². The van der Waals surface area contributed by atoms with Crippen LogP contribution in [-0.2, 0) is 0 Å². The third-order valence-electron chi connectivity index (χ3n) is 6.57. The minimum Gasteiger partial charge on any atom is -0.381 e. The van der Waals surface area contributed by atoms with Gasteiger partial charge in [0.15, 0.2) is 0 Å². The third kappa shape index (κ3) is 4.80. The van der Waals surface area contributed by atoms with Crippen molar-refractivity contribution in [2.75, 3.05) is 4.90 Å². The Labute approximate surface area is 218 Å². The van der Waals surface area contributed by atoms with Gasteiger partial charge in [-0.2, -0.15) is 0 Å². The molecule has 0 saturated heterocycles. The molecule has 1 aliphatic heterocycles. The molecular weight excluding hydrogens is 450 g/mol. The van der Waals surface area contributed by atoms with Crippen molar-refractivity contribution >= 4 is 17.1 Å². The Bertz CT molecular complexity index is 1550. The van der Waals surface area contributed by atoms with Gasteiger partial charge in [-0.05, 0) is 65.9 Å². The number of allylic oxidation sites excluding steroid dienone is 2. The second-order valence-corrected chi connectivity index (χ2v) is 8.97. The molecule has 3 heteroatoms. The molecule has 0 bridgehead atoms. The van der Waals surface area contributed by atoms with E-state index in [9.17, 15) is 0 Å². The molecule has 1 aliphatic rings. The molecule has 0 amide bonds. The van der Waals surface area contributed by atoms with E-state index in [1.807, 2.05) is 30.6 Å². The molecular formula is C34H27N3. The van der Waals surface area contributed by atoms with Gasteiger partial charge in [0.1, 0.15) is 0 Å². The van der Waals surface area contributed by atoms with Gasteiger partial charge in [-0.25, -0.2) is 0 Å². The lowest BCUT2D eigenvalue weighted by Gasteiger charge is -2.29. The number of pyridine rings is 1. The first-order chi connectivity index (χ1) is 18.4. The SMILES string of the molecule is C1=CNC(c2cccc(N(c3cccc(-c4ccccn4)c3)c3ccccc3-c3ccccc3)c2)C=C1. The average Bonchev–Trinajstić information content (AvgIpc) is 2.99. The van der Waals surface area contributed by atoms with Crippen molar-refractivity contribution in [1.82, 2.24) is 10.3 Å². The van der Waals surface area contributed by atoms with Crippen LogP contribution in [0.15, 0.2) is 152 Å². The van der Waals surface area contributed by atoms with E-state index in [2.05, 4.69) is 137 Å². The quantitative estimate of drug-likeness (QED) is 0.265. The fourth-order valence-electron chi connectivity index (χ4n) is 4.81. The first kappa shape index (κ1) is 22.6. The van der Waals surface area contributed by atoms with Crippen LogP contribution in [0, 0.1) is 0 Å². The predicted octanol–water partition coefficient (Wildman–Crippen LogP) is 8.60. The van der Waals surface area contributed by atoms with E-state index in [1.54, 1.807) is 0 Å². The Morgan fingerprint density at radius 1 is 0.622 bits per heavy atom. The smallest absolute Gasteiger partial charge is 0.0702 e. The average molecular weight is 478 g/mol.